The summed E-state index contributed by atoms with van der Waals surface area (Å²) in [5, 5.41) is 5.88. The van der Waals surface area contributed by atoms with Gasteiger partial charge in [-0.15, -0.1) is 0 Å². The van der Waals surface area contributed by atoms with E-state index >= 15 is 0 Å². The van der Waals surface area contributed by atoms with Crippen molar-refractivity contribution in [2.75, 3.05) is 55.9 Å². The quantitative estimate of drug-likeness (QED) is 0.312. The van der Waals surface area contributed by atoms with Crippen molar-refractivity contribution in [2.45, 2.75) is 44.6 Å². The average molecular weight is 508 g/mol. The third-order valence-corrected chi connectivity index (χ3v) is 8.12. The number of anilines is 1. The number of carbonyl (C=O) groups is 2. The van der Waals surface area contributed by atoms with Gasteiger partial charge in [0.15, 0.2) is 5.13 Å². The molecule has 0 atom stereocenters. The van der Waals surface area contributed by atoms with Crippen molar-refractivity contribution in [3.8, 4) is 0 Å². The lowest BCUT2D eigenvalue weighted by Crippen LogP contribution is -3.12. The van der Waals surface area contributed by atoms with E-state index in [4.69, 9.17) is 4.74 Å². The molecule has 3 heterocycles. The fourth-order valence-electron chi connectivity index (χ4n) is 4.28. The Morgan fingerprint density at radius 3 is 2.68 bits per heavy atom. The minimum atomic E-state index is -0.439. The molecule has 0 unspecified atom stereocenters. The van der Waals surface area contributed by atoms with Crippen LogP contribution >= 0.6 is 23.1 Å². The van der Waals surface area contributed by atoms with Crippen LogP contribution in [-0.4, -0.2) is 72.1 Å². The Hall–Kier alpha value is -2.44. The number of aromatic nitrogens is 3. The van der Waals surface area contributed by atoms with E-state index in [1.54, 1.807) is 18.5 Å². The molecule has 0 saturated carbocycles. The monoisotopic (exact) mass is 507 g/mol. The van der Waals surface area contributed by atoms with Gasteiger partial charge in [-0.05, 0) is 39.5 Å². The highest BCUT2D eigenvalue weighted by molar-refractivity contribution is 8.00. The lowest BCUT2D eigenvalue weighted by Gasteiger charge is -2.35. The number of nitrogens with one attached hydrogen (secondary N) is 2. The number of quaternary nitrogens is 1. The maximum Gasteiger partial charge on any atom is 0.367 e. The molecule has 4 rings (SSSR count). The van der Waals surface area contributed by atoms with Gasteiger partial charge in [0.1, 0.15) is 9.90 Å². The summed E-state index contributed by atoms with van der Waals surface area (Å²) >= 11 is 2.38. The zero-order chi connectivity index (χ0) is 24.2. The maximum atomic E-state index is 13.0. The molecule has 0 bridgehead atoms. The van der Waals surface area contributed by atoms with Gasteiger partial charge in [-0.2, -0.15) is 4.98 Å². The van der Waals surface area contributed by atoms with Crippen molar-refractivity contribution < 1.29 is 19.2 Å². The highest BCUT2D eigenvalue weighted by Crippen LogP contribution is 2.29. The first-order chi connectivity index (χ1) is 16.4. The molecule has 1 fully saturated rings. The summed E-state index contributed by atoms with van der Waals surface area (Å²) in [6.07, 6.45) is 3.81. The van der Waals surface area contributed by atoms with Gasteiger partial charge in [0.25, 0.3) is 0 Å². The first-order valence-corrected chi connectivity index (χ1v) is 13.5. The van der Waals surface area contributed by atoms with E-state index < -0.39 is 5.97 Å². The first kappa shape index (κ1) is 24.7. The average Bonchev–Trinajstić information content (AvgIpc) is 3.18. The van der Waals surface area contributed by atoms with Crippen LogP contribution < -0.4 is 20.9 Å². The zero-order valence-corrected chi connectivity index (χ0v) is 21.4. The molecule has 1 amide bonds. The number of nitrogens with zero attached hydrogens (tertiary/aromatic N) is 4. The van der Waals surface area contributed by atoms with E-state index in [0.717, 1.165) is 74.5 Å². The number of carbonyl (C=O) groups excluding carboxylic acids is 2. The molecule has 1 aliphatic carbocycles. The highest BCUT2D eigenvalue weighted by atomic mass is 32.2. The predicted molar refractivity (Wildman–Crippen MR) is 132 cm³/mol. The number of likely N-dealkylation sites (N-methyl/N-ethyl adjacent to an activating group) is 1. The van der Waals surface area contributed by atoms with Gasteiger partial charge >= 0.3 is 11.7 Å². The minimum Gasteiger partial charge on any atom is -0.462 e. The third-order valence-electron chi connectivity index (χ3n) is 6.05. The Morgan fingerprint density at radius 1 is 1.21 bits per heavy atom. The summed E-state index contributed by atoms with van der Waals surface area (Å²) in [5.41, 5.74) is 2.39. The summed E-state index contributed by atoms with van der Waals surface area (Å²) in [6, 6.07) is 0. The number of piperazine rings is 1. The van der Waals surface area contributed by atoms with Crippen LogP contribution in [-0.2, 0) is 22.4 Å². The molecule has 12 heteroatoms. The second kappa shape index (κ2) is 10.9. The Labute approximate surface area is 206 Å². The van der Waals surface area contributed by atoms with Gasteiger partial charge < -0.3 is 15.0 Å². The Morgan fingerprint density at radius 2 is 1.94 bits per heavy atom. The standard InChI is InChI=1S/C22H30N6O4S2/c1-4-32-20(30)18-14(2)23-21(34-18)24-17(29)13-33-19-15-7-5-6-8-16(15)28(22(31)25-19)27-11-9-26(3)10-12-27/h4-13H2,1-3H3,(H,23,24,29)/p+1. The van der Waals surface area contributed by atoms with Crippen molar-refractivity contribution in [1.82, 2.24) is 14.6 Å². The van der Waals surface area contributed by atoms with Crippen LogP contribution in [0.4, 0.5) is 5.13 Å². The van der Waals surface area contributed by atoms with Gasteiger partial charge in [-0.25, -0.2) is 19.2 Å². The third kappa shape index (κ3) is 5.44. The number of rotatable bonds is 7. The van der Waals surface area contributed by atoms with Crippen LogP contribution in [0.3, 0.4) is 0 Å². The number of hydrogen-bond donors (Lipinski definition) is 2. The highest BCUT2D eigenvalue weighted by Gasteiger charge is 2.26. The van der Waals surface area contributed by atoms with Crippen molar-refractivity contribution >= 4 is 40.1 Å². The molecule has 0 radical (unpaired) electrons. The van der Waals surface area contributed by atoms with Crippen LogP contribution in [0.15, 0.2) is 9.82 Å². The molecule has 0 aromatic carbocycles. The Balaban J connectivity index is 1.46. The zero-order valence-electron chi connectivity index (χ0n) is 19.8. The van der Waals surface area contributed by atoms with Crippen LogP contribution in [0.5, 0.6) is 0 Å². The van der Waals surface area contributed by atoms with Gasteiger partial charge in [-0.3, -0.25) is 9.80 Å². The van der Waals surface area contributed by atoms with E-state index in [-0.39, 0.29) is 24.0 Å². The van der Waals surface area contributed by atoms with Gasteiger partial charge in [0.2, 0.25) is 5.91 Å². The molecule has 10 nitrogen and oxygen atoms in total. The molecule has 1 saturated heterocycles. The normalized spacial score (nSPS) is 16.3. The van der Waals surface area contributed by atoms with Crippen molar-refractivity contribution in [3.05, 3.63) is 32.3 Å². The minimum absolute atomic E-state index is 0.105. The van der Waals surface area contributed by atoms with Crippen molar-refractivity contribution in [1.29, 1.82) is 0 Å². The van der Waals surface area contributed by atoms with Gasteiger partial charge in [0, 0.05) is 5.56 Å². The number of thiazole rings is 1. The van der Waals surface area contributed by atoms with Gasteiger partial charge in [0.05, 0.1) is 57.0 Å². The molecule has 0 spiro atoms. The van der Waals surface area contributed by atoms with Crippen LogP contribution in [0, 0.1) is 6.92 Å². The SMILES string of the molecule is CCOC(=O)c1sc(NC(=O)CSc2nc(=O)n(N3CC[NH+](C)CC3)c3c2CCCC3)nc1C. The number of thioether (sulfide) groups is 1. The first-order valence-electron chi connectivity index (χ1n) is 11.7. The Bertz CT molecular complexity index is 1120. The number of amides is 1. The molecule has 184 valence electrons. The molecular weight excluding hydrogens is 476 g/mol. The van der Waals surface area contributed by atoms with Gasteiger partial charge in [-0.1, -0.05) is 23.1 Å². The predicted octanol–water partition coefficient (Wildman–Crippen LogP) is 0.261. The summed E-state index contributed by atoms with van der Waals surface area (Å²) in [7, 11) is 2.17. The van der Waals surface area contributed by atoms with E-state index in [1.165, 1.54) is 16.7 Å². The van der Waals surface area contributed by atoms with E-state index in [9.17, 15) is 14.4 Å². The molecule has 2 aliphatic rings. The van der Waals surface area contributed by atoms with E-state index in [2.05, 4.69) is 27.3 Å². The lowest BCUT2D eigenvalue weighted by molar-refractivity contribution is -0.880. The smallest absolute Gasteiger partial charge is 0.367 e. The largest absolute Gasteiger partial charge is 0.462 e. The fraction of sp³-hybridized carbons (Fsp3) is 0.591. The fourth-order valence-corrected chi connectivity index (χ4v) is 6.04. The summed E-state index contributed by atoms with van der Waals surface area (Å²) < 4.78 is 6.82. The van der Waals surface area contributed by atoms with Crippen LogP contribution in [0.25, 0.3) is 0 Å². The molecule has 2 aromatic heterocycles. The van der Waals surface area contributed by atoms with E-state index in [1.807, 2.05) is 0 Å². The van der Waals surface area contributed by atoms with Crippen molar-refractivity contribution in [3.63, 3.8) is 0 Å². The van der Waals surface area contributed by atoms with Crippen molar-refractivity contribution in [2.24, 2.45) is 0 Å². The number of fused-ring (bicyclic) bond motifs is 1. The second-order valence-corrected chi connectivity index (χ2v) is 10.5. The van der Waals surface area contributed by atoms with Crippen LogP contribution in [0.1, 0.15) is 46.4 Å². The second-order valence-electron chi connectivity index (χ2n) is 8.55. The molecule has 34 heavy (non-hydrogen) atoms. The molecular formula is C22H31N6O4S2+. The molecule has 2 N–H and O–H groups in total. The Kier molecular flexibility index (Phi) is 7.89. The molecule has 1 aliphatic heterocycles. The molecule has 2 aromatic rings. The summed E-state index contributed by atoms with van der Waals surface area (Å²) in [6.45, 7) is 7.37. The van der Waals surface area contributed by atoms with E-state index in [0.29, 0.717) is 20.7 Å². The number of esters is 1. The number of ether oxygens (including phenoxy) is 1. The number of aryl methyl sites for hydroxylation is 1. The summed E-state index contributed by atoms with van der Waals surface area (Å²) in [4.78, 5) is 48.1. The summed E-state index contributed by atoms with van der Waals surface area (Å²) in [5.74, 6) is -0.592. The lowest BCUT2D eigenvalue weighted by atomic mass is 9.97. The topological polar surface area (TPSA) is 111 Å². The van der Waals surface area contributed by atoms with Crippen LogP contribution in [0.2, 0.25) is 0 Å². The maximum absolute atomic E-state index is 13.0. The number of hydrogen-bond acceptors (Lipinski definition) is 9.